The maximum absolute atomic E-state index is 12.0. The molecule has 0 saturated heterocycles. The van der Waals surface area contributed by atoms with Crippen LogP contribution in [0.2, 0.25) is 0 Å². The fourth-order valence-electron chi connectivity index (χ4n) is 2.26. The first-order valence-corrected chi connectivity index (χ1v) is 9.05. The Labute approximate surface area is 183 Å². The molecule has 2 rings (SSSR count). The van der Waals surface area contributed by atoms with E-state index in [1.54, 1.807) is 7.05 Å². The van der Waals surface area contributed by atoms with Gasteiger partial charge in [0.15, 0.2) is 17.4 Å². The number of amides is 1. The summed E-state index contributed by atoms with van der Waals surface area (Å²) in [6.45, 7) is 9.70. The van der Waals surface area contributed by atoms with E-state index in [2.05, 4.69) is 25.8 Å². The number of hydrogen-bond acceptors (Lipinski definition) is 5. The highest BCUT2D eigenvalue weighted by Gasteiger charge is 2.19. The lowest BCUT2D eigenvalue weighted by Crippen LogP contribution is -2.43. The summed E-state index contributed by atoms with van der Waals surface area (Å²) < 4.78 is 7.24. The second kappa shape index (κ2) is 11.0. The van der Waals surface area contributed by atoms with Gasteiger partial charge in [-0.2, -0.15) is 0 Å². The SMILES string of the molecule is CCNC(=NCc1nnc2ccccn12)NCCN(C)C(=O)OC(C)(C)C.I. The molecule has 0 spiro atoms. The molecule has 0 aliphatic rings. The van der Waals surface area contributed by atoms with Crippen LogP contribution in [0.5, 0.6) is 0 Å². The van der Waals surface area contributed by atoms with Gasteiger partial charge < -0.3 is 20.3 Å². The number of ether oxygens (including phenoxy) is 1. The third kappa shape index (κ3) is 7.49. The maximum Gasteiger partial charge on any atom is 0.410 e. The van der Waals surface area contributed by atoms with E-state index in [0.717, 1.165) is 18.0 Å². The zero-order valence-electron chi connectivity index (χ0n) is 17.1. The summed E-state index contributed by atoms with van der Waals surface area (Å²) in [5, 5.41) is 14.7. The first-order valence-electron chi connectivity index (χ1n) is 9.05. The van der Waals surface area contributed by atoms with Crippen LogP contribution in [-0.4, -0.2) is 63.8 Å². The van der Waals surface area contributed by atoms with Gasteiger partial charge in [0, 0.05) is 32.9 Å². The van der Waals surface area contributed by atoms with E-state index >= 15 is 0 Å². The first-order chi connectivity index (χ1) is 12.8. The molecule has 0 aliphatic carbocycles. The Morgan fingerprint density at radius 3 is 2.71 bits per heavy atom. The van der Waals surface area contributed by atoms with Crippen molar-refractivity contribution in [3.8, 4) is 0 Å². The second-order valence-corrected chi connectivity index (χ2v) is 7.07. The number of hydrogen-bond donors (Lipinski definition) is 2. The Hall–Kier alpha value is -2.11. The highest BCUT2D eigenvalue weighted by Crippen LogP contribution is 2.08. The summed E-state index contributed by atoms with van der Waals surface area (Å²) in [6, 6.07) is 5.75. The molecule has 2 aromatic rings. The summed E-state index contributed by atoms with van der Waals surface area (Å²) in [4.78, 5) is 18.1. The Bertz CT molecular complexity index is 786. The van der Waals surface area contributed by atoms with Crippen molar-refractivity contribution in [1.29, 1.82) is 0 Å². The van der Waals surface area contributed by atoms with Crippen molar-refractivity contribution < 1.29 is 9.53 Å². The lowest BCUT2D eigenvalue weighted by molar-refractivity contribution is 0.0302. The average Bonchev–Trinajstić information content (AvgIpc) is 3.01. The van der Waals surface area contributed by atoms with Crippen molar-refractivity contribution in [2.24, 2.45) is 4.99 Å². The van der Waals surface area contributed by atoms with Crippen LogP contribution in [0.1, 0.15) is 33.5 Å². The number of aromatic nitrogens is 3. The van der Waals surface area contributed by atoms with Gasteiger partial charge in [-0.1, -0.05) is 6.07 Å². The number of rotatable bonds is 6. The van der Waals surface area contributed by atoms with Crippen molar-refractivity contribution in [3.05, 3.63) is 30.2 Å². The summed E-state index contributed by atoms with van der Waals surface area (Å²) in [5.74, 6) is 1.41. The molecule has 0 radical (unpaired) electrons. The molecule has 0 atom stereocenters. The largest absolute Gasteiger partial charge is 0.444 e. The van der Waals surface area contributed by atoms with Crippen LogP contribution in [0, 0.1) is 0 Å². The van der Waals surface area contributed by atoms with Crippen LogP contribution in [-0.2, 0) is 11.3 Å². The quantitative estimate of drug-likeness (QED) is 0.357. The number of halogens is 1. The minimum atomic E-state index is -0.504. The van der Waals surface area contributed by atoms with Crippen LogP contribution in [0.4, 0.5) is 4.79 Å². The van der Waals surface area contributed by atoms with E-state index in [4.69, 9.17) is 4.74 Å². The summed E-state index contributed by atoms with van der Waals surface area (Å²) in [6.07, 6.45) is 1.57. The van der Waals surface area contributed by atoms with Gasteiger partial charge >= 0.3 is 6.09 Å². The van der Waals surface area contributed by atoms with Gasteiger partial charge in [0.2, 0.25) is 0 Å². The molecule has 156 valence electrons. The minimum Gasteiger partial charge on any atom is -0.444 e. The summed E-state index contributed by atoms with van der Waals surface area (Å²) in [7, 11) is 1.71. The third-order valence-electron chi connectivity index (χ3n) is 3.55. The number of aliphatic imine (C=N–C) groups is 1. The number of nitrogens with one attached hydrogen (secondary N) is 2. The van der Waals surface area contributed by atoms with E-state index in [-0.39, 0.29) is 30.1 Å². The summed E-state index contributed by atoms with van der Waals surface area (Å²) in [5.41, 5.74) is 0.288. The molecule has 0 unspecified atom stereocenters. The average molecular weight is 503 g/mol. The minimum absolute atomic E-state index is 0. The molecule has 0 bridgehead atoms. The van der Waals surface area contributed by atoms with Crippen molar-refractivity contribution in [2.45, 2.75) is 39.8 Å². The third-order valence-corrected chi connectivity index (χ3v) is 3.55. The number of carbonyl (C=O) groups excluding carboxylic acids is 1. The number of pyridine rings is 1. The molecule has 28 heavy (non-hydrogen) atoms. The molecule has 0 aromatic carbocycles. The number of guanidine groups is 1. The van der Waals surface area contributed by atoms with Crippen molar-refractivity contribution >= 4 is 41.7 Å². The maximum atomic E-state index is 12.0. The Kier molecular flexibility index (Phi) is 9.42. The first kappa shape index (κ1) is 23.9. The predicted octanol–water partition coefficient (Wildman–Crippen LogP) is 2.27. The van der Waals surface area contributed by atoms with Crippen LogP contribution < -0.4 is 10.6 Å². The van der Waals surface area contributed by atoms with Gasteiger partial charge in [-0.05, 0) is 39.8 Å². The fraction of sp³-hybridized carbons (Fsp3) is 0.556. The predicted molar refractivity (Wildman–Crippen MR) is 120 cm³/mol. The second-order valence-electron chi connectivity index (χ2n) is 7.07. The Balaban J connectivity index is 0.00000392. The molecular formula is C18H30IN7O2. The zero-order valence-corrected chi connectivity index (χ0v) is 19.4. The van der Waals surface area contributed by atoms with Gasteiger partial charge in [0.25, 0.3) is 0 Å². The lowest BCUT2D eigenvalue weighted by Gasteiger charge is -2.24. The smallest absolute Gasteiger partial charge is 0.410 e. The highest BCUT2D eigenvalue weighted by atomic mass is 127. The van der Waals surface area contributed by atoms with Gasteiger partial charge in [-0.15, -0.1) is 34.2 Å². The molecule has 0 saturated carbocycles. The number of fused-ring (bicyclic) bond motifs is 1. The van der Waals surface area contributed by atoms with Crippen LogP contribution in [0.3, 0.4) is 0 Å². The van der Waals surface area contributed by atoms with Crippen molar-refractivity contribution in [3.63, 3.8) is 0 Å². The number of likely N-dealkylation sites (N-methyl/N-ethyl adjacent to an activating group) is 1. The Morgan fingerprint density at radius 1 is 1.29 bits per heavy atom. The van der Waals surface area contributed by atoms with Crippen LogP contribution in [0.25, 0.3) is 5.65 Å². The monoisotopic (exact) mass is 503 g/mol. The van der Waals surface area contributed by atoms with Crippen LogP contribution >= 0.6 is 24.0 Å². The van der Waals surface area contributed by atoms with Gasteiger partial charge in [-0.25, -0.2) is 9.79 Å². The fourth-order valence-corrected chi connectivity index (χ4v) is 2.26. The molecule has 2 aromatic heterocycles. The van der Waals surface area contributed by atoms with Gasteiger partial charge in [0.05, 0.1) is 0 Å². The summed E-state index contributed by atoms with van der Waals surface area (Å²) >= 11 is 0. The van der Waals surface area contributed by atoms with Gasteiger partial charge in [0.1, 0.15) is 12.1 Å². The molecular weight excluding hydrogens is 473 g/mol. The standard InChI is InChI=1S/C18H29N7O2.HI/c1-6-19-16(20-10-12-24(5)17(26)27-18(2,3)4)21-13-15-23-22-14-9-7-8-11-25(14)15;/h7-9,11H,6,10,12-13H2,1-5H3,(H2,19,20,21);1H. The van der Waals surface area contributed by atoms with E-state index in [1.165, 1.54) is 4.90 Å². The molecule has 10 heteroatoms. The van der Waals surface area contributed by atoms with Crippen molar-refractivity contribution in [2.75, 3.05) is 26.7 Å². The lowest BCUT2D eigenvalue weighted by atomic mass is 10.2. The van der Waals surface area contributed by atoms with E-state index in [9.17, 15) is 4.79 Å². The highest BCUT2D eigenvalue weighted by molar-refractivity contribution is 14.0. The molecule has 1 amide bonds. The zero-order chi connectivity index (χ0) is 19.9. The topological polar surface area (TPSA) is 96.1 Å². The van der Waals surface area contributed by atoms with E-state index < -0.39 is 5.60 Å². The van der Waals surface area contributed by atoms with Crippen molar-refractivity contribution in [1.82, 2.24) is 30.1 Å². The number of nitrogens with zero attached hydrogens (tertiary/aromatic N) is 5. The molecule has 0 fully saturated rings. The molecule has 9 nitrogen and oxygen atoms in total. The normalized spacial score (nSPS) is 11.7. The van der Waals surface area contributed by atoms with E-state index in [0.29, 0.717) is 25.6 Å². The Morgan fingerprint density at radius 2 is 2.04 bits per heavy atom. The van der Waals surface area contributed by atoms with E-state index in [1.807, 2.05) is 56.5 Å². The molecule has 2 N–H and O–H groups in total. The molecule has 2 heterocycles. The molecule has 0 aliphatic heterocycles. The van der Waals surface area contributed by atoms with Gasteiger partial charge in [-0.3, -0.25) is 4.40 Å². The number of carbonyl (C=O) groups is 1. The van der Waals surface area contributed by atoms with Crippen LogP contribution in [0.15, 0.2) is 29.4 Å².